The molecule has 0 spiro atoms. The molecule has 0 saturated heterocycles. The van der Waals surface area contributed by atoms with Gasteiger partial charge in [-0.15, -0.1) is 11.3 Å². The normalized spacial score (nSPS) is 13.0. The van der Waals surface area contributed by atoms with E-state index in [0.717, 1.165) is 72.1 Å². The van der Waals surface area contributed by atoms with Crippen molar-refractivity contribution in [1.29, 1.82) is 0 Å². The second-order valence-electron chi connectivity index (χ2n) is 17.1. The Morgan fingerprint density at radius 2 is 0.969 bits per heavy atom. The summed E-state index contributed by atoms with van der Waals surface area (Å²) in [6.07, 6.45) is 0. The molecule has 13 aromatic rings. The average molecular weight is 848 g/mol. The van der Waals surface area contributed by atoms with Gasteiger partial charge in [0.1, 0.15) is 16.7 Å². The lowest BCUT2D eigenvalue weighted by Gasteiger charge is -2.35. The molecule has 0 amide bonds. The number of benzene rings is 10. The zero-order valence-corrected chi connectivity index (χ0v) is 35.9. The Balaban J connectivity index is 1.12. The number of rotatable bonds is 6. The van der Waals surface area contributed by atoms with Crippen LogP contribution in [0.3, 0.4) is 0 Å². The van der Waals surface area contributed by atoms with Gasteiger partial charge in [0, 0.05) is 64.2 Å². The van der Waals surface area contributed by atoms with Crippen LogP contribution >= 0.6 is 11.3 Å². The fourth-order valence-corrected chi connectivity index (χ4v) is 12.3. The molecule has 10 aromatic carbocycles. The fraction of sp³-hybridized carbons (Fsp3) is 0.0164. The average Bonchev–Trinajstić information content (AvgIpc) is 4.13. The molecule has 0 saturated carbocycles. The van der Waals surface area contributed by atoms with Crippen molar-refractivity contribution < 1.29 is 8.83 Å². The number of furan rings is 2. The van der Waals surface area contributed by atoms with E-state index in [-0.39, 0.29) is 0 Å². The highest BCUT2D eigenvalue weighted by Gasteiger charge is 2.46. The van der Waals surface area contributed by atoms with Crippen LogP contribution in [0.2, 0.25) is 0 Å². The molecule has 3 nitrogen and oxygen atoms in total. The van der Waals surface area contributed by atoms with Gasteiger partial charge in [0.25, 0.3) is 0 Å². The molecule has 0 radical (unpaired) electrons. The number of nitrogens with zero attached hydrogens (tertiary/aromatic N) is 1. The third-order valence-electron chi connectivity index (χ3n) is 13.8. The molecule has 14 rings (SSSR count). The van der Waals surface area contributed by atoms with Crippen LogP contribution in [0, 0.1) is 0 Å². The highest BCUT2D eigenvalue weighted by atomic mass is 32.1. The molecule has 65 heavy (non-hydrogen) atoms. The lowest BCUT2D eigenvalue weighted by atomic mass is 9.67. The van der Waals surface area contributed by atoms with Crippen LogP contribution < -0.4 is 4.90 Å². The summed E-state index contributed by atoms with van der Waals surface area (Å²) in [5, 5.41) is 6.76. The summed E-state index contributed by atoms with van der Waals surface area (Å²) >= 11 is 1.85. The highest BCUT2D eigenvalue weighted by molar-refractivity contribution is 7.26. The predicted octanol–water partition coefficient (Wildman–Crippen LogP) is 17.4. The monoisotopic (exact) mass is 847 g/mol. The molecular weight excluding hydrogens is 811 g/mol. The van der Waals surface area contributed by atoms with E-state index >= 15 is 0 Å². The molecule has 304 valence electrons. The van der Waals surface area contributed by atoms with Crippen LogP contribution in [-0.2, 0) is 5.41 Å². The van der Waals surface area contributed by atoms with Crippen molar-refractivity contribution in [2.75, 3.05) is 4.90 Å². The molecule has 3 aromatic heterocycles. The summed E-state index contributed by atoms with van der Waals surface area (Å²) in [5.41, 5.74) is 15.6. The number of hydrogen-bond donors (Lipinski definition) is 0. The minimum absolute atomic E-state index is 0.572. The maximum absolute atomic E-state index is 7.31. The number of thiophene rings is 1. The molecule has 0 unspecified atom stereocenters. The quantitative estimate of drug-likeness (QED) is 0.167. The third-order valence-corrected chi connectivity index (χ3v) is 15.0. The molecule has 1 aliphatic rings. The predicted molar refractivity (Wildman–Crippen MR) is 271 cm³/mol. The molecule has 0 N–H and O–H groups in total. The van der Waals surface area contributed by atoms with Gasteiger partial charge in [0.2, 0.25) is 0 Å². The van der Waals surface area contributed by atoms with E-state index in [1.165, 1.54) is 53.6 Å². The number of para-hydroxylation sites is 2. The first-order chi connectivity index (χ1) is 32.3. The van der Waals surface area contributed by atoms with Gasteiger partial charge in [-0.05, 0) is 88.0 Å². The van der Waals surface area contributed by atoms with Gasteiger partial charge in [0.05, 0.1) is 11.1 Å². The molecule has 0 fully saturated rings. The zero-order chi connectivity index (χ0) is 42.6. The summed E-state index contributed by atoms with van der Waals surface area (Å²) in [6, 6.07) is 81.5. The van der Waals surface area contributed by atoms with Crippen molar-refractivity contribution in [3.05, 3.63) is 247 Å². The van der Waals surface area contributed by atoms with Gasteiger partial charge >= 0.3 is 0 Å². The van der Waals surface area contributed by atoms with Gasteiger partial charge in [-0.3, -0.25) is 0 Å². The van der Waals surface area contributed by atoms with E-state index in [4.69, 9.17) is 8.83 Å². The van der Waals surface area contributed by atoms with E-state index in [1.807, 2.05) is 23.5 Å². The Morgan fingerprint density at radius 1 is 0.369 bits per heavy atom. The number of hydrogen-bond acceptors (Lipinski definition) is 4. The van der Waals surface area contributed by atoms with Crippen LogP contribution in [0.5, 0.6) is 0 Å². The molecule has 0 bridgehead atoms. The maximum atomic E-state index is 7.31. The van der Waals surface area contributed by atoms with Gasteiger partial charge in [-0.1, -0.05) is 170 Å². The third kappa shape index (κ3) is 5.11. The van der Waals surface area contributed by atoms with Crippen LogP contribution in [0.25, 0.3) is 86.3 Å². The lowest BCUT2D eigenvalue weighted by Crippen LogP contribution is -2.28. The summed E-state index contributed by atoms with van der Waals surface area (Å²) in [6.45, 7) is 0. The van der Waals surface area contributed by atoms with Crippen LogP contribution in [-0.4, -0.2) is 0 Å². The second kappa shape index (κ2) is 13.9. The van der Waals surface area contributed by atoms with Crippen LogP contribution in [0.1, 0.15) is 22.3 Å². The maximum Gasteiger partial charge on any atom is 0.160 e. The van der Waals surface area contributed by atoms with E-state index in [1.54, 1.807) is 0 Å². The van der Waals surface area contributed by atoms with Gasteiger partial charge < -0.3 is 13.7 Å². The summed E-state index contributed by atoms with van der Waals surface area (Å²) in [5.74, 6) is 0. The van der Waals surface area contributed by atoms with Crippen molar-refractivity contribution in [3.8, 4) is 22.3 Å². The molecule has 4 heteroatoms. The molecule has 3 heterocycles. The van der Waals surface area contributed by atoms with Crippen molar-refractivity contribution in [2.24, 2.45) is 0 Å². The highest BCUT2D eigenvalue weighted by Crippen LogP contribution is 2.58. The minimum atomic E-state index is -0.572. The smallest absolute Gasteiger partial charge is 0.160 e. The van der Waals surface area contributed by atoms with Crippen molar-refractivity contribution in [2.45, 2.75) is 5.41 Å². The van der Waals surface area contributed by atoms with E-state index < -0.39 is 5.41 Å². The minimum Gasteiger partial charge on any atom is -0.456 e. The van der Waals surface area contributed by atoms with E-state index in [0.29, 0.717) is 0 Å². The Labute approximate surface area is 378 Å². The molecular formula is C61H37NO2S. The van der Waals surface area contributed by atoms with Crippen molar-refractivity contribution in [3.63, 3.8) is 0 Å². The lowest BCUT2D eigenvalue weighted by molar-refractivity contribution is 0.663. The molecule has 1 aliphatic carbocycles. The number of fused-ring (bicyclic) bond motifs is 13. The van der Waals surface area contributed by atoms with Gasteiger partial charge in [-0.2, -0.15) is 0 Å². The van der Waals surface area contributed by atoms with E-state index in [2.05, 4.69) is 217 Å². The Bertz CT molecular complexity index is 3970. The van der Waals surface area contributed by atoms with Crippen molar-refractivity contribution >= 4 is 92.4 Å². The summed E-state index contributed by atoms with van der Waals surface area (Å²) in [4.78, 5) is 2.45. The largest absolute Gasteiger partial charge is 0.456 e. The second-order valence-corrected chi connectivity index (χ2v) is 18.1. The Morgan fingerprint density at radius 3 is 1.77 bits per heavy atom. The first kappa shape index (κ1) is 36.3. The molecule has 0 atom stereocenters. The first-order valence-electron chi connectivity index (χ1n) is 22.2. The molecule has 0 aliphatic heterocycles. The van der Waals surface area contributed by atoms with Crippen molar-refractivity contribution in [1.82, 2.24) is 0 Å². The first-order valence-corrected chi connectivity index (χ1v) is 23.0. The topological polar surface area (TPSA) is 29.5 Å². The Hall–Kier alpha value is -8.18. The van der Waals surface area contributed by atoms with Gasteiger partial charge in [-0.25, -0.2) is 0 Å². The fourth-order valence-electron chi connectivity index (χ4n) is 11.1. The number of anilines is 3. The Kier molecular flexibility index (Phi) is 7.77. The van der Waals surface area contributed by atoms with Crippen LogP contribution in [0.15, 0.2) is 233 Å². The zero-order valence-electron chi connectivity index (χ0n) is 35.0. The summed E-state index contributed by atoms with van der Waals surface area (Å²) in [7, 11) is 0. The SMILES string of the molecule is c1ccc(N(c2ccc3c(c2)C(c2ccccc2)(c2ccccc2)c2ccccc2-3)c2c(-c3cccc4c3sc3ccccc34)ccc3c2oc2ccc4oc5ccccc5c4c23)cc1. The van der Waals surface area contributed by atoms with Crippen LogP contribution in [0.4, 0.5) is 17.1 Å². The standard InChI is InChI=1S/C61H37NO2S/c1-4-17-38(18-5-1)61(39-19-6-2-7-20-39)50-28-13-10-23-42(50)43-32-31-41(37-51(43)61)62(40-21-8-3-9-22-40)58-45(47-27-16-26-46-44-24-12-15-30-55(44)65-60(46)47)33-34-49-57-54(64-59(49)58)36-35-53-56(57)48-25-11-14-29-52(48)63-53/h1-37H. The summed E-state index contributed by atoms with van der Waals surface area (Å²) < 4.78 is 16.3. The van der Waals surface area contributed by atoms with E-state index in [9.17, 15) is 0 Å². The van der Waals surface area contributed by atoms with Gasteiger partial charge in [0.15, 0.2) is 5.58 Å².